The highest BCUT2D eigenvalue weighted by Gasteiger charge is 2.44. The number of nitrogens with zero attached hydrogens (tertiary/aromatic N) is 1. The summed E-state index contributed by atoms with van der Waals surface area (Å²) in [5.74, 6) is -0.172. The highest BCUT2D eigenvalue weighted by atomic mass is 16.6. The number of hydrogen-bond acceptors (Lipinski definition) is 6. The standard InChI is InChI=1S/C31H40N2O6/c1-4-7-8-17-37-24-12-9-11-22(20-24)28-27(29(34)23-13-14-25-26(21-23)39-19-18-38-25)30(35)31(36)33(28)16-10-15-32(5-2)6-3/h9,11-14,20-21,28,34H,4-8,10,15-19H2,1-3H3. The Labute approximate surface area is 231 Å². The molecule has 4 rings (SSSR count). The van der Waals surface area contributed by atoms with Crippen LogP contribution in [0.2, 0.25) is 0 Å². The number of rotatable bonds is 13. The maximum Gasteiger partial charge on any atom is 0.295 e. The van der Waals surface area contributed by atoms with Gasteiger partial charge in [0.05, 0.1) is 32.3 Å². The van der Waals surface area contributed by atoms with Gasteiger partial charge in [-0.25, -0.2) is 0 Å². The smallest absolute Gasteiger partial charge is 0.295 e. The fourth-order valence-electron chi connectivity index (χ4n) is 5.21. The Morgan fingerprint density at radius 1 is 1.00 bits per heavy atom. The van der Waals surface area contributed by atoms with Crippen LogP contribution in [0.3, 0.4) is 0 Å². The van der Waals surface area contributed by atoms with Crippen molar-refractivity contribution in [3.8, 4) is 17.2 Å². The van der Waals surface area contributed by atoms with Crippen molar-refractivity contribution in [2.45, 2.75) is 52.5 Å². The molecule has 210 valence electrons. The summed E-state index contributed by atoms with van der Waals surface area (Å²) in [4.78, 5) is 29.7. The van der Waals surface area contributed by atoms with Gasteiger partial charge >= 0.3 is 0 Å². The third-order valence-corrected chi connectivity index (χ3v) is 7.45. The number of carbonyl (C=O) groups excluding carboxylic acids is 2. The zero-order valence-electron chi connectivity index (χ0n) is 23.3. The highest BCUT2D eigenvalue weighted by Crippen LogP contribution is 2.41. The molecule has 0 aromatic heterocycles. The van der Waals surface area contributed by atoms with Gasteiger partial charge in [-0.2, -0.15) is 0 Å². The lowest BCUT2D eigenvalue weighted by molar-refractivity contribution is -0.896. The lowest BCUT2D eigenvalue weighted by atomic mass is 9.95. The van der Waals surface area contributed by atoms with Crippen LogP contribution in [0.15, 0.2) is 48.0 Å². The van der Waals surface area contributed by atoms with Crippen molar-refractivity contribution in [3.63, 3.8) is 0 Å². The summed E-state index contributed by atoms with van der Waals surface area (Å²) in [7, 11) is 0. The van der Waals surface area contributed by atoms with Crippen molar-refractivity contribution in [3.05, 3.63) is 59.2 Å². The van der Waals surface area contributed by atoms with E-state index in [0.29, 0.717) is 54.7 Å². The second-order valence-electron chi connectivity index (χ2n) is 10.0. The van der Waals surface area contributed by atoms with Crippen molar-refractivity contribution < 1.29 is 33.8 Å². The van der Waals surface area contributed by atoms with Crippen LogP contribution in [0.4, 0.5) is 0 Å². The Kier molecular flexibility index (Phi) is 9.87. The maximum absolute atomic E-state index is 13.9. The Morgan fingerprint density at radius 3 is 2.51 bits per heavy atom. The molecule has 1 N–H and O–H groups in total. The van der Waals surface area contributed by atoms with E-state index in [2.05, 4.69) is 20.8 Å². The number of nitrogens with one attached hydrogen (secondary N) is 1. The zero-order valence-corrected chi connectivity index (χ0v) is 23.3. The number of carbonyl (C=O) groups is 2. The number of quaternary nitrogens is 1. The van der Waals surface area contributed by atoms with E-state index in [1.54, 1.807) is 23.1 Å². The molecule has 0 bridgehead atoms. The molecule has 0 radical (unpaired) electrons. The van der Waals surface area contributed by atoms with Gasteiger partial charge in [-0.05, 0) is 55.7 Å². The van der Waals surface area contributed by atoms with Crippen LogP contribution in [-0.2, 0) is 9.59 Å². The summed E-state index contributed by atoms with van der Waals surface area (Å²) in [5.41, 5.74) is 0.954. The fraction of sp³-hybridized carbons (Fsp3) is 0.484. The van der Waals surface area contributed by atoms with Crippen molar-refractivity contribution in [1.29, 1.82) is 0 Å². The molecule has 2 aliphatic rings. The Hall–Kier alpha value is -3.52. The summed E-state index contributed by atoms with van der Waals surface area (Å²) in [5, 5.41) is 13.9. The van der Waals surface area contributed by atoms with Crippen LogP contribution in [-0.4, -0.2) is 62.6 Å². The SMILES string of the molecule is CCCCCOc1cccc(C2C(=C([O-])c3ccc4c(c3)OCCO4)C(=O)C(=O)N2CCC[NH+](CC)CC)c1. The molecule has 1 fully saturated rings. The van der Waals surface area contributed by atoms with Gasteiger partial charge in [-0.3, -0.25) is 9.59 Å². The molecule has 8 nitrogen and oxygen atoms in total. The van der Waals surface area contributed by atoms with E-state index in [9.17, 15) is 14.7 Å². The normalized spacial score (nSPS) is 18.2. The molecule has 1 unspecified atom stereocenters. The van der Waals surface area contributed by atoms with Crippen LogP contribution in [0, 0.1) is 0 Å². The topological polar surface area (TPSA) is 92.6 Å². The fourth-order valence-corrected chi connectivity index (χ4v) is 5.21. The van der Waals surface area contributed by atoms with Gasteiger partial charge in [0.25, 0.3) is 5.91 Å². The number of ketones is 1. The number of benzene rings is 2. The Balaban J connectivity index is 1.70. The minimum absolute atomic E-state index is 0.0324. The number of amides is 1. The molecule has 1 amide bonds. The van der Waals surface area contributed by atoms with Crippen LogP contribution in [0.5, 0.6) is 17.2 Å². The number of unbranched alkanes of at least 4 members (excludes halogenated alkanes) is 2. The van der Waals surface area contributed by atoms with Crippen LogP contribution in [0.1, 0.15) is 63.6 Å². The number of ether oxygens (including phenoxy) is 3. The predicted octanol–water partition coefficient (Wildman–Crippen LogP) is 2.57. The summed E-state index contributed by atoms with van der Waals surface area (Å²) < 4.78 is 17.2. The molecule has 0 saturated carbocycles. The second-order valence-corrected chi connectivity index (χ2v) is 10.0. The molecule has 2 heterocycles. The molecule has 2 aliphatic heterocycles. The minimum Gasteiger partial charge on any atom is -0.872 e. The van der Waals surface area contributed by atoms with E-state index in [-0.39, 0.29) is 5.57 Å². The molecule has 2 aromatic rings. The number of fused-ring (bicyclic) bond motifs is 1. The van der Waals surface area contributed by atoms with Crippen LogP contribution < -0.4 is 24.2 Å². The first-order valence-corrected chi connectivity index (χ1v) is 14.2. The van der Waals surface area contributed by atoms with Crippen LogP contribution in [0.25, 0.3) is 5.76 Å². The number of hydrogen-bond donors (Lipinski definition) is 1. The molecule has 0 aliphatic carbocycles. The monoisotopic (exact) mass is 536 g/mol. The van der Waals surface area contributed by atoms with Gasteiger partial charge in [-0.1, -0.05) is 43.7 Å². The lowest BCUT2D eigenvalue weighted by Gasteiger charge is -2.28. The number of Topliss-reactive ketones (excluding diaryl/α,β-unsaturated/α-hetero) is 1. The quantitative estimate of drug-likeness (QED) is 0.183. The molecular weight excluding hydrogens is 496 g/mol. The Bertz CT molecular complexity index is 1190. The summed E-state index contributed by atoms with van der Waals surface area (Å²) in [6.45, 7) is 11.1. The van der Waals surface area contributed by atoms with Crippen LogP contribution >= 0.6 is 0 Å². The van der Waals surface area contributed by atoms with Gasteiger partial charge in [0.15, 0.2) is 11.5 Å². The van der Waals surface area contributed by atoms with Gasteiger partial charge < -0.3 is 29.1 Å². The van der Waals surface area contributed by atoms with Crippen molar-refractivity contribution in [2.24, 2.45) is 0 Å². The van der Waals surface area contributed by atoms with Crippen molar-refractivity contribution >= 4 is 17.4 Å². The summed E-state index contributed by atoms with van der Waals surface area (Å²) in [6.07, 6.45) is 3.85. The van der Waals surface area contributed by atoms with E-state index in [0.717, 1.165) is 45.3 Å². The van der Waals surface area contributed by atoms with Gasteiger partial charge in [0.1, 0.15) is 19.0 Å². The number of likely N-dealkylation sites (tertiary alicyclic amines) is 1. The molecule has 39 heavy (non-hydrogen) atoms. The Morgan fingerprint density at radius 2 is 1.77 bits per heavy atom. The van der Waals surface area contributed by atoms with Gasteiger partial charge in [0.2, 0.25) is 5.78 Å². The van der Waals surface area contributed by atoms with Gasteiger partial charge in [0, 0.05) is 18.5 Å². The van der Waals surface area contributed by atoms with E-state index in [1.807, 2.05) is 24.3 Å². The maximum atomic E-state index is 13.9. The first kappa shape index (κ1) is 28.5. The van der Waals surface area contributed by atoms with Crippen molar-refractivity contribution in [2.75, 3.05) is 46.0 Å². The third-order valence-electron chi connectivity index (χ3n) is 7.45. The van der Waals surface area contributed by atoms with E-state index in [4.69, 9.17) is 14.2 Å². The first-order chi connectivity index (χ1) is 19.0. The average Bonchev–Trinajstić information content (AvgIpc) is 3.22. The van der Waals surface area contributed by atoms with Gasteiger partial charge in [-0.15, -0.1) is 0 Å². The summed E-state index contributed by atoms with van der Waals surface area (Å²) >= 11 is 0. The van der Waals surface area contributed by atoms with E-state index < -0.39 is 23.5 Å². The lowest BCUT2D eigenvalue weighted by Crippen LogP contribution is -3.11. The third kappa shape index (κ3) is 6.56. The minimum atomic E-state index is -0.781. The first-order valence-electron chi connectivity index (χ1n) is 14.2. The zero-order chi connectivity index (χ0) is 27.8. The molecule has 1 saturated heterocycles. The molecule has 2 aromatic carbocycles. The largest absolute Gasteiger partial charge is 0.872 e. The molecule has 1 atom stereocenters. The highest BCUT2D eigenvalue weighted by molar-refractivity contribution is 6.46. The second kappa shape index (κ2) is 13.5. The van der Waals surface area contributed by atoms with Crippen molar-refractivity contribution in [1.82, 2.24) is 4.90 Å². The van der Waals surface area contributed by atoms with E-state index >= 15 is 0 Å². The summed E-state index contributed by atoms with van der Waals surface area (Å²) in [6, 6.07) is 11.5. The predicted molar refractivity (Wildman–Crippen MR) is 147 cm³/mol. The molecular formula is C31H40N2O6. The molecule has 8 heteroatoms. The molecule has 0 spiro atoms. The van der Waals surface area contributed by atoms with E-state index in [1.165, 1.54) is 4.90 Å². The average molecular weight is 537 g/mol.